The summed E-state index contributed by atoms with van der Waals surface area (Å²) >= 11 is 0. The normalized spacial score (nSPS) is 15.1. The Balaban J connectivity index is 1.75. The maximum atomic E-state index is 10.9. The van der Waals surface area contributed by atoms with Crippen LogP contribution in [-0.2, 0) is 26.6 Å². The molecule has 0 saturated carbocycles. The SMILES string of the molecule is Cn1nc(C(=O)O)cc1CN1CCc2ccccc2C1. The van der Waals surface area contributed by atoms with E-state index in [9.17, 15) is 4.79 Å². The molecule has 2 aromatic rings. The van der Waals surface area contributed by atoms with E-state index in [1.165, 1.54) is 11.1 Å². The topological polar surface area (TPSA) is 58.4 Å². The highest BCUT2D eigenvalue weighted by Crippen LogP contribution is 2.20. The number of benzene rings is 1. The Morgan fingerprint density at radius 3 is 2.80 bits per heavy atom. The Labute approximate surface area is 117 Å². The lowest BCUT2D eigenvalue weighted by molar-refractivity contribution is 0.0689. The number of rotatable bonds is 3. The maximum Gasteiger partial charge on any atom is 0.356 e. The molecule has 20 heavy (non-hydrogen) atoms. The van der Waals surface area contributed by atoms with Gasteiger partial charge in [-0.05, 0) is 23.6 Å². The van der Waals surface area contributed by atoms with Crippen molar-refractivity contribution in [2.45, 2.75) is 19.5 Å². The number of aromatic nitrogens is 2. The van der Waals surface area contributed by atoms with Crippen LogP contribution in [0.4, 0.5) is 0 Å². The van der Waals surface area contributed by atoms with Gasteiger partial charge in [-0.15, -0.1) is 0 Å². The fraction of sp³-hybridized carbons (Fsp3) is 0.333. The summed E-state index contributed by atoms with van der Waals surface area (Å²) in [6.07, 6.45) is 1.04. The number of hydrogen-bond donors (Lipinski definition) is 1. The molecule has 1 N–H and O–H groups in total. The molecule has 0 amide bonds. The largest absolute Gasteiger partial charge is 0.476 e. The van der Waals surface area contributed by atoms with Crippen molar-refractivity contribution in [1.82, 2.24) is 14.7 Å². The molecule has 1 aromatic heterocycles. The molecule has 0 spiro atoms. The molecule has 104 valence electrons. The summed E-state index contributed by atoms with van der Waals surface area (Å²) in [5.41, 5.74) is 3.82. The summed E-state index contributed by atoms with van der Waals surface area (Å²) in [6, 6.07) is 10.1. The first-order valence-corrected chi connectivity index (χ1v) is 6.69. The molecule has 5 nitrogen and oxygen atoms in total. The van der Waals surface area contributed by atoms with E-state index in [1.54, 1.807) is 17.8 Å². The van der Waals surface area contributed by atoms with Crippen molar-refractivity contribution in [2.75, 3.05) is 6.54 Å². The van der Waals surface area contributed by atoms with Crippen molar-refractivity contribution in [3.8, 4) is 0 Å². The molecule has 0 unspecified atom stereocenters. The van der Waals surface area contributed by atoms with Crippen molar-refractivity contribution in [2.24, 2.45) is 7.05 Å². The Kier molecular flexibility index (Phi) is 3.28. The summed E-state index contributed by atoms with van der Waals surface area (Å²) < 4.78 is 1.66. The third-order valence-corrected chi connectivity index (χ3v) is 3.79. The molecule has 0 fully saturated rings. The predicted molar refractivity (Wildman–Crippen MR) is 74.4 cm³/mol. The van der Waals surface area contributed by atoms with E-state index in [0.29, 0.717) is 0 Å². The summed E-state index contributed by atoms with van der Waals surface area (Å²) in [7, 11) is 1.79. The number of carboxylic acids is 1. The molecular weight excluding hydrogens is 254 g/mol. The maximum absolute atomic E-state index is 10.9. The van der Waals surface area contributed by atoms with E-state index in [-0.39, 0.29) is 5.69 Å². The van der Waals surface area contributed by atoms with E-state index >= 15 is 0 Å². The first-order chi connectivity index (χ1) is 9.63. The molecule has 0 saturated heterocycles. The Bertz CT molecular complexity index is 648. The van der Waals surface area contributed by atoms with Crippen molar-refractivity contribution in [3.63, 3.8) is 0 Å². The number of nitrogens with zero attached hydrogens (tertiary/aromatic N) is 3. The minimum absolute atomic E-state index is 0.111. The molecule has 1 aliphatic heterocycles. The number of aryl methyl sites for hydroxylation is 1. The molecule has 1 aromatic carbocycles. The van der Waals surface area contributed by atoms with Gasteiger partial charge in [0.25, 0.3) is 0 Å². The Morgan fingerprint density at radius 1 is 1.35 bits per heavy atom. The summed E-state index contributed by atoms with van der Waals surface area (Å²) in [5, 5.41) is 13.0. The van der Waals surface area contributed by atoms with Gasteiger partial charge in [0.05, 0.1) is 5.69 Å². The Hall–Kier alpha value is -2.14. The van der Waals surface area contributed by atoms with Gasteiger partial charge in [-0.1, -0.05) is 24.3 Å². The van der Waals surface area contributed by atoms with Crippen LogP contribution in [0.1, 0.15) is 27.3 Å². The van der Waals surface area contributed by atoms with Gasteiger partial charge >= 0.3 is 5.97 Å². The average molecular weight is 271 g/mol. The lowest BCUT2D eigenvalue weighted by Gasteiger charge is -2.28. The molecule has 5 heteroatoms. The second-order valence-corrected chi connectivity index (χ2v) is 5.18. The van der Waals surface area contributed by atoms with Crippen molar-refractivity contribution in [3.05, 3.63) is 52.8 Å². The van der Waals surface area contributed by atoms with E-state index in [0.717, 1.165) is 31.7 Å². The van der Waals surface area contributed by atoms with Crippen molar-refractivity contribution >= 4 is 5.97 Å². The monoisotopic (exact) mass is 271 g/mol. The van der Waals surface area contributed by atoms with Gasteiger partial charge in [-0.3, -0.25) is 9.58 Å². The second-order valence-electron chi connectivity index (χ2n) is 5.18. The highest BCUT2D eigenvalue weighted by atomic mass is 16.4. The van der Waals surface area contributed by atoms with Crippen LogP contribution in [0.25, 0.3) is 0 Å². The molecule has 0 aliphatic carbocycles. The first-order valence-electron chi connectivity index (χ1n) is 6.69. The highest BCUT2D eigenvalue weighted by molar-refractivity contribution is 5.85. The Morgan fingerprint density at radius 2 is 2.10 bits per heavy atom. The van der Waals surface area contributed by atoms with Crippen LogP contribution in [0.3, 0.4) is 0 Å². The van der Waals surface area contributed by atoms with E-state index in [4.69, 9.17) is 5.11 Å². The molecule has 0 radical (unpaired) electrons. The predicted octanol–water partition coefficient (Wildman–Crippen LogP) is 1.68. The quantitative estimate of drug-likeness (QED) is 0.922. The zero-order valence-corrected chi connectivity index (χ0v) is 11.4. The standard InChI is InChI=1S/C15H17N3O2/c1-17-13(8-14(16-17)15(19)20)10-18-7-6-11-4-2-3-5-12(11)9-18/h2-5,8H,6-7,9-10H2,1H3,(H,19,20). The van der Waals surface area contributed by atoms with Crippen LogP contribution in [0.15, 0.2) is 30.3 Å². The number of carbonyl (C=O) groups is 1. The van der Waals surface area contributed by atoms with Gasteiger partial charge < -0.3 is 5.11 Å². The second kappa shape index (κ2) is 5.09. The van der Waals surface area contributed by atoms with Crippen molar-refractivity contribution < 1.29 is 9.90 Å². The van der Waals surface area contributed by atoms with Gasteiger partial charge in [-0.25, -0.2) is 4.79 Å². The fourth-order valence-corrected chi connectivity index (χ4v) is 2.68. The van der Waals surface area contributed by atoms with E-state index in [2.05, 4.69) is 34.3 Å². The lowest BCUT2D eigenvalue weighted by Crippen LogP contribution is -2.30. The van der Waals surface area contributed by atoms with E-state index < -0.39 is 5.97 Å². The van der Waals surface area contributed by atoms with Crippen LogP contribution < -0.4 is 0 Å². The van der Waals surface area contributed by atoms with Crippen LogP contribution in [-0.4, -0.2) is 32.3 Å². The molecule has 0 bridgehead atoms. The molecule has 1 aliphatic rings. The minimum atomic E-state index is -0.976. The van der Waals surface area contributed by atoms with Crippen molar-refractivity contribution in [1.29, 1.82) is 0 Å². The first kappa shape index (κ1) is 12.9. The van der Waals surface area contributed by atoms with Crippen LogP contribution in [0.2, 0.25) is 0 Å². The number of aromatic carboxylic acids is 1. The lowest BCUT2D eigenvalue weighted by atomic mass is 10.00. The summed E-state index contributed by atoms with van der Waals surface area (Å²) in [6.45, 7) is 2.62. The molecule has 3 rings (SSSR count). The third kappa shape index (κ3) is 2.44. The van der Waals surface area contributed by atoms with Gasteiger partial charge in [0.2, 0.25) is 0 Å². The number of carboxylic acid groups (broad SMARTS) is 1. The fourth-order valence-electron chi connectivity index (χ4n) is 2.68. The summed E-state index contributed by atoms with van der Waals surface area (Å²) in [5.74, 6) is -0.976. The highest BCUT2D eigenvalue weighted by Gasteiger charge is 2.18. The average Bonchev–Trinajstić information content (AvgIpc) is 2.80. The number of fused-ring (bicyclic) bond motifs is 1. The van der Waals surface area contributed by atoms with Gasteiger partial charge in [0.1, 0.15) is 0 Å². The smallest absolute Gasteiger partial charge is 0.356 e. The van der Waals surface area contributed by atoms with Crippen LogP contribution >= 0.6 is 0 Å². The van der Waals surface area contributed by atoms with Gasteiger partial charge in [0, 0.05) is 26.7 Å². The van der Waals surface area contributed by atoms with Gasteiger partial charge in [0.15, 0.2) is 5.69 Å². The van der Waals surface area contributed by atoms with E-state index in [1.807, 2.05) is 0 Å². The molecule has 0 atom stereocenters. The van der Waals surface area contributed by atoms with Crippen LogP contribution in [0.5, 0.6) is 0 Å². The third-order valence-electron chi connectivity index (χ3n) is 3.79. The molecule has 2 heterocycles. The minimum Gasteiger partial charge on any atom is -0.476 e. The van der Waals surface area contributed by atoms with Crippen LogP contribution in [0, 0.1) is 0 Å². The molecular formula is C15H17N3O2. The zero-order chi connectivity index (χ0) is 14.1. The zero-order valence-electron chi connectivity index (χ0n) is 11.4. The van der Waals surface area contributed by atoms with Gasteiger partial charge in [-0.2, -0.15) is 5.10 Å². The summed E-state index contributed by atoms with van der Waals surface area (Å²) in [4.78, 5) is 13.3. The number of hydrogen-bond acceptors (Lipinski definition) is 3.